The summed E-state index contributed by atoms with van der Waals surface area (Å²) in [7, 11) is 0. The van der Waals surface area contributed by atoms with Gasteiger partial charge in [0, 0.05) is 24.6 Å². The van der Waals surface area contributed by atoms with Crippen molar-refractivity contribution in [2.75, 3.05) is 26.2 Å². The van der Waals surface area contributed by atoms with Crippen LogP contribution in [0.2, 0.25) is 0 Å². The minimum absolute atomic E-state index is 0.145. The highest BCUT2D eigenvalue weighted by Crippen LogP contribution is 2.23. The fourth-order valence-corrected chi connectivity index (χ4v) is 3.00. The number of benzene rings is 1. The van der Waals surface area contributed by atoms with Gasteiger partial charge in [0.2, 0.25) is 5.91 Å². The molecule has 1 atom stereocenters. The number of hydrogen-bond acceptors (Lipinski definition) is 3. The number of nitrogens with zero attached hydrogens (tertiary/aromatic N) is 1. The summed E-state index contributed by atoms with van der Waals surface area (Å²) < 4.78 is 5.71. The molecule has 1 heterocycles. The third-order valence-corrected chi connectivity index (χ3v) is 4.31. The third-order valence-electron chi connectivity index (χ3n) is 4.31. The molecular formula is C19H28N2O2. The summed E-state index contributed by atoms with van der Waals surface area (Å²) in [5, 5.41) is 3.37. The third kappa shape index (κ3) is 5.10. The highest BCUT2D eigenvalue weighted by Gasteiger charge is 2.24. The fraction of sp³-hybridized carbons (Fsp3) is 0.526. The van der Waals surface area contributed by atoms with Crippen LogP contribution < -0.4 is 10.1 Å². The van der Waals surface area contributed by atoms with Crippen molar-refractivity contribution in [2.45, 2.75) is 32.7 Å². The van der Waals surface area contributed by atoms with E-state index in [4.69, 9.17) is 4.74 Å². The van der Waals surface area contributed by atoms with Crippen LogP contribution in [-0.2, 0) is 11.3 Å². The minimum Gasteiger partial charge on any atom is -0.489 e. The minimum atomic E-state index is 0.145. The number of rotatable bonds is 7. The van der Waals surface area contributed by atoms with Gasteiger partial charge in [0.25, 0.3) is 0 Å². The monoisotopic (exact) mass is 316 g/mol. The Morgan fingerprint density at radius 3 is 3.00 bits per heavy atom. The molecule has 23 heavy (non-hydrogen) atoms. The Labute approximate surface area is 139 Å². The fourth-order valence-electron chi connectivity index (χ4n) is 3.00. The zero-order valence-electron chi connectivity index (χ0n) is 14.1. The van der Waals surface area contributed by atoms with E-state index in [2.05, 4.69) is 11.9 Å². The largest absolute Gasteiger partial charge is 0.489 e. The van der Waals surface area contributed by atoms with Crippen molar-refractivity contribution < 1.29 is 9.53 Å². The van der Waals surface area contributed by atoms with E-state index in [-0.39, 0.29) is 11.8 Å². The van der Waals surface area contributed by atoms with Gasteiger partial charge in [-0.05, 0) is 45.3 Å². The van der Waals surface area contributed by atoms with E-state index in [0.717, 1.165) is 50.2 Å². The predicted octanol–water partition coefficient (Wildman–Crippen LogP) is 2.99. The van der Waals surface area contributed by atoms with E-state index >= 15 is 0 Å². The lowest BCUT2D eigenvalue weighted by Crippen LogP contribution is -2.36. The number of hydrogen-bond donors (Lipinski definition) is 1. The van der Waals surface area contributed by atoms with Crippen LogP contribution in [0.4, 0.5) is 0 Å². The Morgan fingerprint density at radius 1 is 1.39 bits per heavy atom. The summed E-state index contributed by atoms with van der Waals surface area (Å²) in [5.41, 5.74) is 1.05. The van der Waals surface area contributed by atoms with Crippen LogP contribution in [-0.4, -0.2) is 37.0 Å². The first-order valence-corrected chi connectivity index (χ1v) is 8.57. The van der Waals surface area contributed by atoms with Crippen molar-refractivity contribution in [1.82, 2.24) is 10.2 Å². The summed E-state index contributed by atoms with van der Waals surface area (Å²) in [6.07, 6.45) is 4.73. The Kier molecular flexibility index (Phi) is 7.14. The summed E-state index contributed by atoms with van der Waals surface area (Å²) in [6.45, 7) is 9.49. The SMILES string of the molecule is C=CCOc1ccccc1CN(CC)C(=O)[C@H]1CCCNCC1. The molecule has 0 spiro atoms. The molecule has 1 fully saturated rings. The smallest absolute Gasteiger partial charge is 0.226 e. The van der Waals surface area contributed by atoms with Gasteiger partial charge in [-0.15, -0.1) is 0 Å². The maximum Gasteiger partial charge on any atom is 0.226 e. The Morgan fingerprint density at radius 2 is 2.22 bits per heavy atom. The molecule has 0 unspecified atom stereocenters. The first-order chi connectivity index (χ1) is 11.3. The highest BCUT2D eigenvalue weighted by molar-refractivity contribution is 5.79. The van der Waals surface area contributed by atoms with Crippen LogP contribution in [0.1, 0.15) is 31.7 Å². The van der Waals surface area contributed by atoms with E-state index in [0.29, 0.717) is 13.2 Å². The van der Waals surface area contributed by atoms with Crippen molar-refractivity contribution in [3.05, 3.63) is 42.5 Å². The lowest BCUT2D eigenvalue weighted by atomic mass is 9.98. The Hall–Kier alpha value is -1.81. The maximum atomic E-state index is 12.9. The molecule has 0 aromatic heterocycles. The van der Waals surface area contributed by atoms with E-state index in [9.17, 15) is 4.79 Å². The molecule has 126 valence electrons. The standard InChI is InChI=1S/C19H28N2O2/c1-3-14-23-18-10-6-5-8-17(18)15-21(4-2)19(22)16-9-7-12-20-13-11-16/h3,5-6,8,10,16,20H,1,4,7,9,11-15H2,2H3/t16-/m0/s1. The normalized spacial score (nSPS) is 18.0. The van der Waals surface area contributed by atoms with Crippen molar-refractivity contribution >= 4 is 5.91 Å². The molecule has 0 saturated carbocycles. The molecule has 0 radical (unpaired) electrons. The predicted molar refractivity (Wildman–Crippen MR) is 93.4 cm³/mol. The molecule has 1 aliphatic heterocycles. The van der Waals surface area contributed by atoms with Crippen LogP contribution in [0.25, 0.3) is 0 Å². The van der Waals surface area contributed by atoms with Crippen LogP contribution in [0, 0.1) is 5.92 Å². The summed E-state index contributed by atoms with van der Waals surface area (Å²) >= 11 is 0. The molecule has 1 aliphatic rings. The van der Waals surface area contributed by atoms with Gasteiger partial charge in [0.15, 0.2) is 0 Å². The van der Waals surface area contributed by atoms with Crippen molar-refractivity contribution in [3.8, 4) is 5.75 Å². The molecular weight excluding hydrogens is 288 g/mol. The number of carbonyl (C=O) groups excluding carboxylic acids is 1. The molecule has 4 heteroatoms. The first kappa shape index (κ1) is 17.5. The molecule has 0 bridgehead atoms. The van der Waals surface area contributed by atoms with Gasteiger partial charge in [-0.2, -0.15) is 0 Å². The highest BCUT2D eigenvalue weighted by atomic mass is 16.5. The Balaban J connectivity index is 2.06. The molecule has 0 aliphatic carbocycles. The van der Waals surface area contributed by atoms with Gasteiger partial charge in [-0.3, -0.25) is 4.79 Å². The lowest BCUT2D eigenvalue weighted by molar-refractivity contribution is -0.136. The molecule has 1 N–H and O–H groups in total. The van der Waals surface area contributed by atoms with Crippen molar-refractivity contribution in [1.29, 1.82) is 0 Å². The zero-order chi connectivity index (χ0) is 16.5. The van der Waals surface area contributed by atoms with Gasteiger partial charge in [0.05, 0.1) is 0 Å². The summed E-state index contributed by atoms with van der Waals surface area (Å²) in [6, 6.07) is 7.93. The van der Waals surface area contributed by atoms with E-state index < -0.39 is 0 Å². The van der Waals surface area contributed by atoms with Gasteiger partial charge < -0.3 is 15.0 Å². The second-order valence-corrected chi connectivity index (χ2v) is 5.94. The number of nitrogens with one attached hydrogen (secondary N) is 1. The Bertz CT molecular complexity index is 508. The van der Waals surface area contributed by atoms with Crippen molar-refractivity contribution in [2.24, 2.45) is 5.92 Å². The van der Waals surface area contributed by atoms with Crippen molar-refractivity contribution in [3.63, 3.8) is 0 Å². The number of ether oxygens (including phenoxy) is 1. The zero-order valence-corrected chi connectivity index (χ0v) is 14.1. The molecule has 1 aromatic carbocycles. The van der Waals surface area contributed by atoms with Crippen LogP contribution in [0.3, 0.4) is 0 Å². The molecule has 1 aromatic rings. The second kappa shape index (κ2) is 9.36. The number of amides is 1. The van der Waals surface area contributed by atoms with Crippen LogP contribution in [0.15, 0.2) is 36.9 Å². The molecule has 2 rings (SSSR count). The number of para-hydroxylation sites is 1. The maximum absolute atomic E-state index is 12.9. The van der Waals surface area contributed by atoms with E-state index in [1.807, 2.05) is 36.1 Å². The molecule has 1 amide bonds. The van der Waals surface area contributed by atoms with E-state index in [1.165, 1.54) is 0 Å². The summed E-state index contributed by atoms with van der Waals surface area (Å²) in [4.78, 5) is 14.8. The molecule has 1 saturated heterocycles. The number of carbonyl (C=O) groups is 1. The topological polar surface area (TPSA) is 41.6 Å². The summed E-state index contributed by atoms with van der Waals surface area (Å²) in [5.74, 6) is 1.25. The van der Waals surface area contributed by atoms with Gasteiger partial charge in [0.1, 0.15) is 12.4 Å². The van der Waals surface area contributed by atoms with Gasteiger partial charge >= 0.3 is 0 Å². The first-order valence-electron chi connectivity index (χ1n) is 8.57. The van der Waals surface area contributed by atoms with E-state index in [1.54, 1.807) is 6.08 Å². The second-order valence-electron chi connectivity index (χ2n) is 5.94. The average Bonchev–Trinajstić information content (AvgIpc) is 2.87. The van der Waals surface area contributed by atoms with Crippen LogP contribution >= 0.6 is 0 Å². The lowest BCUT2D eigenvalue weighted by Gasteiger charge is -2.26. The quantitative estimate of drug-likeness (QED) is 0.786. The van der Waals surface area contributed by atoms with Gasteiger partial charge in [-0.25, -0.2) is 0 Å². The van der Waals surface area contributed by atoms with Crippen LogP contribution in [0.5, 0.6) is 5.75 Å². The average molecular weight is 316 g/mol. The van der Waals surface area contributed by atoms with Gasteiger partial charge in [-0.1, -0.05) is 30.9 Å². The molecule has 4 nitrogen and oxygen atoms in total.